The average molecular weight is 165 g/mol. The van der Waals surface area contributed by atoms with Gasteiger partial charge in [0.05, 0.1) is 0 Å². The molecule has 0 atom stereocenters. The van der Waals surface area contributed by atoms with E-state index in [0.717, 1.165) is 6.42 Å². The SMILES string of the molecule is C=CCC(=NC=C(C)C)C(C)C. The van der Waals surface area contributed by atoms with Crippen molar-refractivity contribution in [2.75, 3.05) is 0 Å². The zero-order valence-electron chi connectivity index (χ0n) is 8.59. The van der Waals surface area contributed by atoms with Gasteiger partial charge in [-0.2, -0.15) is 0 Å². The fraction of sp³-hybridized carbons (Fsp3) is 0.545. The van der Waals surface area contributed by atoms with Gasteiger partial charge >= 0.3 is 0 Å². The lowest BCUT2D eigenvalue weighted by atomic mass is 10.1. The van der Waals surface area contributed by atoms with Crippen LogP contribution in [0.3, 0.4) is 0 Å². The van der Waals surface area contributed by atoms with Crippen LogP contribution in [0, 0.1) is 5.92 Å². The lowest BCUT2D eigenvalue weighted by molar-refractivity contribution is 0.866. The van der Waals surface area contributed by atoms with Crippen LogP contribution in [-0.4, -0.2) is 5.71 Å². The molecule has 1 heteroatoms. The fourth-order valence-electron chi connectivity index (χ4n) is 0.797. The van der Waals surface area contributed by atoms with Gasteiger partial charge in [0.1, 0.15) is 0 Å². The Balaban J connectivity index is 4.38. The third-order valence-corrected chi connectivity index (χ3v) is 1.51. The van der Waals surface area contributed by atoms with Crippen LogP contribution in [0.15, 0.2) is 29.4 Å². The van der Waals surface area contributed by atoms with Gasteiger partial charge in [0.25, 0.3) is 0 Å². The highest BCUT2D eigenvalue weighted by molar-refractivity contribution is 5.87. The van der Waals surface area contributed by atoms with E-state index in [0.29, 0.717) is 5.92 Å². The van der Waals surface area contributed by atoms with E-state index in [9.17, 15) is 0 Å². The van der Waals surface area contributed by atoms with Gasteiger partial charge < -0.3 is 0 Å². The van der Waals surface area contributed by atoms with Gasteiger partial charge in [-0.15, -0.1) is 6.58 Å². The molecular weight excluding hydrogens is 146 g/mol. The molecule has 12 heavy (non-hydrogen) atoms. The molecule has 68 valence electrons. The maximum atomic E-state index is 4.40. The van der Waals surface area contributed by atoms with Crippen molar-refractivity contribution in [1.82, 2.24) is 0 Å². The summed E-state index contributed by atoms with van der Waals surface area (Å²) in [7, 11) is 0. The predicted molar refractivity (Wildman–Crippen MR) is 56.5 cm³/mol. The molecule has 0 radical (unpaired) electrons. The van der Waals surface area contributed by atoms with E-state index in [1.165, 1.54) is 11.3 Å². The minimum absolute atomic E-state index is 0.513. The summed E-state index contributed by atoms with van der Waals surface area (Å²) in [5.41, 5.74) is 2.43. The summed E-state index contributed by atoms with van der Waals surface area (Å²) < 4.78 is 0. The van der Waals surface area contributed by atoms with Crippen molar-refractivity contribution in [3.63, 3.8) is 0 Å². The van der Waals surface area contributed by atoms with Crippen LogP contribution < -0.4 is 0 Å². The van der Waals surface area contributed by atoms with Crippen molar-refractivity contribution in [2.45, 2.75) is 34.1 Å². The summed E-state index contributed by atoms with van der Waals surface area (Å²) in [5, 5.41) is 0. The van der Waals surface area contributed by atoms with E-state index >= 15 is 0 Å². The molecule has 0 aromatic heterocycles. The minimum atomic E-state index is 0.513. The van der Waals surface area contributed by atoms with Crippen molar-refractivity contribution < 1.29 is 0 Å². The van der Waals surface area contributed by atoms with Crippen LogP contribution >= 0.6 is 0 Å². The summed E-state index contributed by atoms with van der Waals surface area (Å²) in [4.78, 5) is 4.40. The summed E-state index contributed by atoms with van der Waals surface area (Å²) in [6, 6.07) is 0. The Morgan fingerprint density at radius 3 is 2.33 bits per heavy atom. The molecule has 0 amide bonds. The highest BCUT2D eigenvalue weighted by Crippen LogP contribution is 2.03. The van der Waals surface area contributed by atoms with Crippen LogP contribution in [0.2, 0.25) is 0 Å². The number of aliphatic imine (C=N–C) groups is 1. The Hall–Kier alpha value is -0.850. The number of allylic oxidation sites excluding steroid dienone is 2. The standard InChI is InChI=1S/C11H19N/c1-6-7-11(10(4)5)12-8-9(2)3/h6,8,10H,1,7H2,2-5H3. The number of nitrogens with zero attached hydrogens (tertiary/aromatic N) is 1. The van der Waals surface area contributed by atoms with Crippen LogP contribution in [-0.2, 0) is 0 Å². The van der Waals surface area contributed by atoms with E-state index in [-0.39, 0.29) is 0 Å². The number of rotatable bonds is 4. The topological polar surface area (TPSA) is 12.4 Å². The van der Waals surface area contributed by atoms with E-state index in [4.69, 9.17) is 0 Å². The lowest BCUT2D eigenvalue weighted by Gasteiger charge is -2.05. The van der Waals surface area contributed by atoms with Gasteiger partial charge in [-0.3, -0.25) is 4.99 Å². The zero-order chi connectivity index (χ0) is 9.56. The first-order valence-corrected chi connectivity index (χ1v) is 4.38. The van der Waals surface area contributed by atoms with Gasteiger partial charge in [-0.05, 0) is 19.8 Å². The quantitative estimate of drug-likeness (QED) is 0.446. The van der Waals surface area contributed by atoms with Crippen LogP contribution in [0.5, 0.6) is 0 Å². The van der Waals surface area contributed by atoms with Gasteiger partial charge in [0.2, 0.25) is 0 Å². The Kier molecular flexibility index (Phi) is 5.35. The molecule has 0 fully saturated rings. The molecule has 0 rings (SSSR count). The Labute approximate surface area is 75.9 Å². The summed E-state index contributed by atoms with van der Waals surface area (Å²) in [6.07, 6.45) is 4.71. The van der Waals surface area contributed by atoms with E-state index < -0.39 is 0 Å². The van der Waals surface area contributed by atoms with E-state index in [2.05, 4.69) is 39.3 Å². The number of hydrogen-bond donors (Lipinski definition) is 0. The molecule has 0 aliphatic rings. The zero-order valence-corrected chi connectivity index (χ0v) is 8.59. The van der Waals surface area contributed by atoms with Crippen LogP contribution in [0.4, 0.5) is 0 Å². The maximum absolute atomic E-state index is 4.40. The largest absolute Gasteiger partial charge is 0.265 e. The highest BCUT2D eigenvalue weighted by atomic mass is 14.7. The van der Waals surface area contributed by atoms with E-state index in [1.807, 2.05) is 12.3 Å². The van der Waals surface area contributed by atoms with Gasteiger partial charge in [0.15, 0.2) is 0 Å². The first-order valence-electron chi connectivity index (χ1n) is 4.38. The van der Waals surface area contributed by atoms with Crippen molar-refractivity contribution in [3.05, 3.63) is 24.4 Å². The second-order valence-corrected chi connectivity index (χ2v) is 3.47. The first-order chi connectivity index (χ1) is 5.57. The molecule has 0 aromatic rings. The maximum Gasteiger partial charge on any atom is 0.0253 e. The third-order valence-electron chi connectivity index (χ3n) is 1.51. The summed E-state index contributed by atoms with van der Waals surface area (Å²) in [6.45, 7) is 12.1. The predicted octanol–water partition coefficient (Wildman–Crippen LogP) is 3.58. The van der Waals surface area contributed by atoms with Crippen molar-refractivity contribution >= 4 is 5.71 Å². The molecular formula is C11H19N. The Morgan fingerprint density at radius 2 is 2.00 bits per heavy atom. The molecule has 0 aliphatic carbocycles. The van der Waals surface area contributed by atoms with Crippen molar-refractivity contribution in [3.8, 4) is 0 Å². The van der Waals surface area contributed by atoms with Gasteiger partial charge in [0, 0.05) is 18.3 Å². The molecule has 0 bridgehead atoms. The molecule has 0 saturated carbocycles. The summed E-state index contributed by atoms with van der Waals surface area (Å²) in [5.74, 6) is 0.513. The Morgan fingerprint density at radius 1 is 1.42 bits per heavy atom. The normalized spacial score (nSPS) is 11.6. The number of hydrogen-bond acceptors (Lipinski definition) is 1. The Bertz CT molecular complexity index is 193. The van der Waals surface area contributed by atoms with Crippen LogP contribution in [0.1, 0.15) is 34.1 Å². The molecule has 0 aromatic carbocycles. The fourth-order valence-corrected chi connectivity index (χ4v) is 0.797. The molecule has 1 nitrogen and oxygen atoms in total. The molecule has 0 saturated heterocycles. The average Bonchev–Trinajstić information content (AvgIpc) is 1.96. The van der Waals surface area contributed by atoms with Crippen LogP contribution in [0.25, 0.3) is 0 Å². The first kappa shape index (κ1) is 11.2. The van der Waals surface area contributed by atoms with E-state index in [1.54, 1.807) is 0 Å². The third kappa shape index (κ3) is 4.89. The van der Waals surface area contributed by atoms with Crippen molar-refractivity contribution in [1.29, 1.82) is 0 Å². The lowest BCUT2D eigenvalue weighted by Crippen LogP contribution is -2.05. The highest BCUT2D eigenvalue weighted by Gasteiger charge is 2.00. The van der Waals surface area contributed by atoms with Crippen molar-refractivity contribution in [2.24, 2.45) is 10.9 Å². The second kappa shape index (κ2) is 5.76. The molecule has 0 unspecified atom stereocenters. The second-order valence-electron chi connectivity index (χ2n) is 3.47. The summed E-state index contributed by atoms with van der Waals surface area (Å²) >= 11 is 0. The molecule has 0 heterocycles. The monoisotopic (exact) mass is 165 g/mol. The van der Waals surface area contributed by atoms with Gasteiger partial charge in [-0.25, -0.2) is 0 Å². The van der Waals surface area contributed by atoms with Gasteiger partial charge in [-0.1, -0.05) is 25.5 Å². The molecule has 0 aliphatic heterocycles. The smallest absolute Gasteiger partial charge is 0.0253 e. The minimum Gasteiger partial charge on any atom is -0.265 e. The molecule has 0 spiro atoms. The molecule has 0 N–H and O–H groups in total.